The minimum atomic E-state index is -4.39. The van der Waals surface area contributed by atoms with Crippen molar-refractivity contribution in [1.82, 2.24) is 5.32 Å². The molecule has 0 spiro atoms. The number of benzene rings is 1. The zero-order valence-corrected chi connectivity index (χ0v) is 12.1. The Bertz CT molecular complexity index is 543. The molecule has 0 saturated heterocycles. The normalized spacial score (nSPS) is 15.5. The van der Waals surface area contributed by atoms with E-state index >= 15 is 0 Å². The molecule has 0 radical (unpaired) electrons. The Morgan fingerprint density at radius 1 is 1.36 bits per heavy atom. The van der Waals surface area contributed by atoms with Crippen molar-refractivity contribution in [1.29, 1.82) is 0 Å². The number of nitrogens with one attached hydrogen (secondary N) is 1. The fraction of sp³-hybridized carbons (Fsp3) is 0.500. The van der Waals surface area contributed by atoms with Gasteiger partial charge in [-0.2, -0.15) is 13.2 Å². The quantitative estimate of drug-likeness (QED) is 0.623. The van der Waals surface area contributed by atoms with E-state index in [1.54, 1.807) is 12.1 Å². The summed E-state index contributed by atoms with van der Waals surface area (Å²) in [6, 6.07) is 5.05. The van der Waals surface area contributed by atoms with Crippen LogP contribution in [0.1, 0.15) is 18.4 Å². The summed E-state index contributed by atoms with van der Waals surface area (Å²) in [5, 5.41) is 3.05. The van der Waals surface area contributed by atoms with E-state index in [2.05, 4.69) is 10.3 Å². The molecule has 0 atom stereocenters. The molecule has 1 fully saturated rings. The third-order valence-corrected chi connectivity index (χ3v) is 2.98. The molecule has 2 rings (SSSR count). The van der Waals surface area contributed by atoms with Gasteiger partial charge in [0, 0.05) is 6.04 Å². The van der Waals surface area contributed by atoms with E-state index in [9.17, 15) is 13.2 Å². The lowest BCUT2D eigenvalue weighted by Gasteiger charge is -2.13. The van der Waals surface area contributed by atoms with Crippen LogP contribution in [0.3, 0.4) is 0 Å². The van der Waals surface area contributed by atoms with Crippen LogP contribution < -0.4 is 20.5 Å². The van der Waals surface area contributed by atoms with Gasteiger partial charge < -0.3 is 20.5 Å². The van der Waals surface area contributed by atoms with Crippen molar-refractivity contribution >= 4 is 5.96 Å². The molecule has 0 amide bonds. The van der Waals surface area contributed by atoms with Crippen molar-refractivity contribution in [3.05, 3.63) is 23.8 Å². The second kappa shape index (κ2) is 6.76. The summed E-state index contributed by atoms with van der Waals surface area (Å²) in [4.78, 5) is 4.17. The predicted octanol–water partition coefficient (Wildman–Crippen LogP) is 2.20. The van der Waals surface area contributed by atoms with Crippen molar-refractivity contribution in [3.8, 4) is 11.5 Å². The highest BCUT2D eigenvalue weighted by Gasteiger charge is 2.29. The van der Waals surface area contributed by atoms with E-state index in [-0.39, 0.29) is 11.5 Å². The van der Waals surface area contributed by atoms with Gasteiger partial charge in [-0.05, 0) is 30.5 Å². The lowest BCUT2D eigenvalue weighted by Crippen LogP contribution is -2.33. The summed E-state index contributed by atoms with van der Waals surface area (Å²) in [6.45, 7) is -1.05. The molecule has 5 nitrogen and oxygen atoms in total. The van der Waals surface area contributed by atoms with E-state index in [1.807, 2.05) is 0 Å². The van der Waals surface area contributed by atoms with E-state index in [4.69, 9.17) is 15.2 Å². The molecule has 1 aliphatic rings. The molecule has 1 aliphatic carbocycles. The molecule has 0 aliphatic heterocycles. The van der Waals surface area contributed by atoms with Crippen LogP contribution in [0.4, 0.5) is 13.2 Å². The van der Waals surface area contributed by atoms with Crippen LogP contribution in [0.5, 0.6) is 11.5 Å². The number of ether oxygens (including phenoxy) is 2. The van der Waals surface area contributed by atoms with Crippen molar-refractivity contribution in [2.24, 2.45) is 10.7 Å². The number of nitrogens with two attached hydrogens (primary N) is 1. The number of rotatable bonds is 6. The van der Waals surface area contributed by atoms with E-state index in [0.29, 0.717) is 18.5 Å². The van der Waals surface area contributed by atoms with Crippen LogP contribution in [0.25, 0.3) is 0 Å². The summed E-state index contributed by atoms with van der Waals surface area (Å²) in [5.41, 5.74) is 6.48. The number of halogens is 3. The van der Waals surface area contributed by atoms with Crippen LogP contribution in [-0.2, 0) is 6.54 Å². The summed E-state index contributed by atoms with van der Waals surface area (Å²) in [5.74, 6) is 0.626. The highest BCUT2D eigenvalue weighted by atomic mass is 19.4. The fourth-order valence-electron chi connectivity index (χ4n) is 1.75. The number of guanidine groups is 1. The van der Waals surface area contributed by atoms with Gasteiger partial charge in [0.25, 0.3) is 0 Å². The first-order valence-corrected chi connectivity index (χ1v) is 6.80. The van der Waals surface area contributed by atoms with Crippen LogP contribution >= 0.6 is 0 Å². The second-order valence-electron chi connectivity index (χ2n) is 5.01. The molecule has 1 aromatic carbocycles. The van der Waals surface area contributed by atoms with Gasteiger partial charge in [0.05, 0.1) is 13.7 Å². The Balaban J connectivity index is 1.98. The highest BCUT2D eigenvalue weighted by molar-refractivity contribution is 5.78. The SMILES string of the molecule is COc1cc(CN=C(N)NC2CC2)ccc1OCC(F)(F)F. The summed E-state index contributed by atoms with van der Waals surface area (Å²) in [7, 11) is 1.37. The zero-order valence-electron chi connectivity index (χ0n) is 12.1. The maximum Gasteiger partial charge on any atom is 0.422 e. The average molecular weight is 317 g/mol. The topological polar surface area (TPSA) is 68.9 Å². The molecule has 122 valence electrons. The Morgan fingerprint density at radius 3 is 2.68 bits per heavy atom. The molecule has 1 aromatic rings. The van der Waals surface area contributed by atoms with Crippen molar-refractivity contribution in [2.75, 3.05) is 13.7 Å². The molecular weight excluding hydrogens is 299 g/mol. The lowest BCUT2D eigenvalue weighted by molar-refractivity contribution is -0.153. The third kappa shape index (κ3) is 5.34. The second-order valence-corrected chi connectivity index (χ2v) is 5.01. The Kier molecular flexibility index (Phi) is 4.99. The number of alkyl halides is 3. The molecule has 0 bridgehead atoms. The van der Waals surface area contributed by atoms with Gasteiger partial charge in [-0.1, -0.05) is 6.07 Å². The molecular formula is C14H18F3N3O2. The molecule has 8 heteroatoms. The van der Waals surface area contributed by atoms with Crippen molar-refractivity contribution < 1.29 is 22.6 Å². The van der Waals surface area contributed by atoms with E-state index in [0.717, 1.165) is 18.4 Å². The first kappa shape index (κ1) is 16.3. The van der Waals surface area contributed by atoms with Gasteiger partial charge in [0.1, 0.15) is 0 Å². The van der Waals surface area contributed by atoms with Crippen LogP contribution in [0, 0.1) is 0 Å². The van der Waals surface area contributed by atoms with Gasteiger partial charge in [-0.25, -0.2) is 4.99 Å². The minimum absolute atomic E-state index is 0.0385. The fourth-order valence-corrected chi connectivity index (χ4v) is 1.75. The molecule has 22 heavy (non-hydrogen) atoms. The van der Waals surface area contributed by atoms with Crippen molar-refractivity contribution in [3.63, 3.8) is 0 Å². The average Bonchev–Trinajstić information content (AvgIpc) is 3.26. The predicted molar refractivity (Wildman–Crippen MR) is 76.0 cm³/mol. The smallest absolute Gasteiger partial charge is 0.422 e. The maximum absolute atomic E-state index is 12.2. The van der Waals surface area contributed by atoms with Gasteiger partial charge in [-0.15, -0.1) is 0 Å². The number of hydrogen-bond acceptors (Lipinski definition) is 3. The van der Waals surface area contributed by atoms with Gasteiger partial charge in [0.15, 0.2) is 24.1 Å². The molecule has 1 saturated carbocycles. The number of hydrogen-bond donors (Lipinski definition) is 2. The lowest BCUT2D eigenvalue weighted by atomic mass is 10.2. The number of aliphatic imine (C=N–C) groups is 1. The summed E-state index contributed by atoms with van der Waals surface area (Å²) < 4.78 is 46.3. The first-order valence-electron chi connectivity index (χ1n) is 6.80. The van der Waals surface area contributed by atoms with Crippen LogP contribution in [0.2, 0.25) is 0 Å². The monoisotopic (exact) mass is 317 g/mol. The number of methoxy groups -OCH3 is 1. The van der Waals surface area contributed by atoms with Gasteiger partial charge in [0.2, 0.25) is 0 Å². The van der Waals surface area contributed by atoms with E-state index in [1.165, 1.54) is 13.2 Å². The van der Waals surface area contributed by atoms with Gasteiger partial charge >= 0.3 is 6.18 Å². The molecule has 0 aromatic heterocycles. The largest absolute Gasteiger partial charge is 0.493 e. The van der Waals surface area contributed by atoms with Crippen LogP contribution in [0.15, 0.2) is 23.2 Å². The molecule has 0 unspecified atom stereocenters. The highest BCUT2D eigenvalue weighted by Crippen LogP contribution is 2.30. The zero-order chi connectivity index (χ0) is 16.2. The number of nitrogens with zero attached hydrogens (tertiary/aromatic N) is 1. The maximum atomic E-state index is 12.2. The standard InChI is InChI=1S/C14H18F3N3O2/c1-21-12-6-9(7-19-13(18)20-10-3-4-10)2-5-11(12)22-8-14(15,16)17/h2,5-6,10H,3-4,7-8H2,1H3,(H3,18,19,20). The summed E-state index contributed by atoms with van der Waals surface area (Å²) >= 11 is 0. The summed E-state index contributed by atoms with van der Waals surface area (Å²) in [6.07, 6.45) is -2.21. The molecule has 3 N–H and O–H groups in total. The Labute approximate surface area is 126 Å². The first-order chi connectivity index (χ1) is 10.4. The van der Waals surface area contributed by atoms with Crippen LogP contribution in [-0.4, -0.2) is 31.9 Å². The molecule has 0 heterocycles. The van der Waals surface area contributed by atoms with Crippen molar-refractivity contribution in [2.45, 2.75) is 31.6 Å². The minimum Gasteiger partial charge on any atom is -0.493 e. The Hall–Kier alpha value is -2.12. The van der Waals surface area contributed by atoms with Gasteiger partial charge in [-0.3, -0.25) is 0 Å². The third-order valence-electron chi connectivity index (χ3n) is 2.98. The Morgan fingerprint density at radius 2 is 2.09 bits per heavy atom. The van der Waals surface area contributed by atoms with E-state index < -0.39 is 12.8 Å².